The van der Waals surface area contributed by atoms with Gasteiger partial charge in [-0.25, -0.2) is 0 Å². The highest BCUT2D eigenvalue weighted by molar-refractivity contribution is 5.48. The van der Waals surface area contributed by atoms with E-state index in [4.69, 9.17) is 9.47 Å². The van der Waals surface area contributed by atoms with Gasteiger partial charge in [-0.15, -0.1) is 0 Å². The molecule has 0 saturated carbocycles. The van der Waals surface area contributed by atoms with Gasteiger partial charge in [0.05, 0.1) is 20.3 Å². The van der Waals surface area contributed by atoms with Crippen molar-refractivity contribution in [2.24, 2.45) is 0 Å². The van der Waals surface area contributed by atoms with Crippen LogP contribution in [0.2, 0.25) is 0 Å². The molecule has 1 unspecified atom stereocenters. The van der Waals surface area contributed by atoms with Gasteiger partial charge < -0.3 is 14.6 Å². The van der Waals surface area contributed by atoms with Crippen LogP contribution in [0.5, 0.6) is 11.5 Å². The first-order chi connectivity index (χ1) is 11.7. The molecular formula is C20H25NO3. The Bertz CT molecular complexity index is 672. The lowest BCUT2D eigenvalue weighted by molar-refractivity contribution is 0.137. The minimum absolute atomic E-state index is 0.405. The monoisotopic (exact) mass is 327 g/mol. The van der Waals surface area contributed by atoms with Crippen molar-refractivity contribution in [3.63, 3.8) is 0 Å². The van der Waals surface area contributed by atoms with Crippen molar-refractivity contribution >= 4 is 0 Å². The first kappa shape index (κ1) is 16.8. The number of methoxy groups -OCH3 is 2. The van der Waals surface area contributed by atoms with Gasteiger partial charge in [0.1, 0.15) is 0 Å². The highest BCUT2D eigenvalue weighted by Crippen LogP contribution is 2.33. The molecule has 1 aliphatic rings. The predicted octanol–water partition coefficient (Wildman–Crippen LogP) is 3.19. The Morgan fingerprint density at radius 3 is 2.38 bits per heavy atom. The van der Waals surface area contributed by atoms with Crippen molar-refractivity contribution < 1.29 is 14.6 Å². The van der Waals surface area contributed by atoms with Gasteiger partial charge >= 0.3 is 0 Å². The molecule has 128 valence electrons. The summed E-state index contributed by atoms with van der Waals surface area (Å²) in [6.07, 6.45) is 1.34. The van der Waals surface area contributed by atoms with E-state index < -0.39 is 6.10 Å². The van der Waals surface area contributed by atoms with Crippen molar-refractivity contribution in [1.82, 2.24) is 4.90 Å². The number of aliphatic hydroxyl groups is 1. The highest BCUT2D eigenvalue weighted by atomic mass is 16.5. The summed E-state index contributed by atoms with van der Waals surface area (Å²) in [5, 5.41) is 10.3. The van der Waals surface area contributed by atoms with Gasteiger partial charge in [-0.1, -0.05) is 30.3 Å². The quantitative estimate of drug-likeness (QED) is 0.885. The van der Waals surface area contributed by atoms with Crippen molar-refractivity contribution in [3.05, 3.63) is 59.2 Å². The Morgan fingerprint density at radius 1 is 1.04 bits per heavy atom. The number of ether oxygens (including phenoxy) is 2. The van der Waals surface area contributed by atoms with E-state index in [2.05, 4.69) is 17.0 Å². The van der Waals surface area contributed by atoms with Gasteiger partial charge in [-0.2, -0.15) is 0 Å². The van der Waals surface area contributed by atoms with Gasteiger partial charge in [0.2, 0.25) is 0 Å². The third-order valence-corrected chi connectivity index (χ3v) is 4.70. The Balaban J connectivity index is 1.63. The average molecular weight is 327 g/mol. The van der Waals surface area contributed by atoms with Gasteiger partial charge in [-0.3, -0.25) is 4.90 Å². The Morgan fingerprint density at radius 2 is 1.71 bits per heavy atom. The molecule has 2 aromatic rings. The second-order valence-electron chi connectivity index (χ2n) is 6.22. The van der Waals surface area contributed by atoms with E-state index in [0.29, 0.717) is 0 Å². The molecule has 0 spiro atoms. The largest absolute Gasteiger partial charge is 0.493 e. The van der Waals surface area contributed by atoms with Crippen molar-refractivity contribution in [2.45, 2.75) is 25.5 Å². The van der Waals surface area contributed by atoms with E-state index in [-0.39, 0.29) is 0 Å². The summed E-state index contributed by atoms with van der Waals surface area (Å²) in [5.74, 6) is 1.58. The number of hydrogen-bond donors (Lipinski definition) is 1. The minimum atomic E-state index is -0.405. The SMILES string of the molecule is COc1cc2c(cc1OC)CN(CCC(O)c1ccccc1)CC2. The number of aliphatic hydroxyl groups excluding tert-OH is 1. The molecule has 0 aromatic heterocycles. The van der Waals surface area contributed by atoms with E-state index in [1.165, 1.54) is 11.1 Å². The summed E-state index contributed by atoms with van der Waals surface area (Å²) in [5.41, 5.74) is 3.60. The summed E-state index contributed by atoms with van der Waals surface area (Å²) < 4.78 is 10.8. The Labute approximate surface area is 143 Å². The van der Waals surface area contributed by atoms with Crippen LogP contribution in [0.15, 0.2) is 42.5 Å². The van der Waals surface area contributed by atoms with E-state index in [1.807, 2.05) is 30.3 Å². The molecule has 0 radical (unpaired) electrons. The lowest BCUT2D eigenvalue weighted by atomic mass is 9.98. The van der Waals surface area contributed by atoms with Crippen LogP contribution < -0.4 is 9.47 Å². The van der Waals surface area contributed by atoms with Crippen LogP contribution in [0.1, 0.15) is 29.2 Å². The van der Waals surface area contributed by atoms with Crippen LogP contribution in [-0.4, -0.2) is 37.3 Å². The minimum Gasteiger partial charge on any atom is -0.493 e. The molecule has 0 saturated heterocycles. The maximum absolute atomic E-state index is 10.3. The van der Waals surface area contributed by atoms with Crippen LogP contribution in [0.4, 0.5) is 0 Å². The molecule has 0 fully saturated rings. The molecule has 1 N–H and O–H groups in total. The number of rotatable bonds is 6. The van der Waals surface area contributed by atoms with Gasteiger partial charge in [0, 0.05) is 19.6 Å². The lowest BCUT2D eigenvalue weighted by Gasteiger charge is -2.30. The van der Waals surface area contributed by atoms with Crippen LogP contribution >= 0.6 is 0 Å². The standard InChI is InChI=1S/C20H25NO3/c1-23-19-12-16-8-10-21(14-17(16)13-20(19)24-2)11-9-18(22)15-6-4-3-5-7-15/h3-7,12-13,18,22H,8-11,14H2,1-2H3. The summed E-state index contributed by atoms with van der Waals surface area (Å²) in [4.78, 5) is 2.39. The van der Waals surface area contributed by atoms with Crippen molar-refractivity contribution in [3.8, 4) is 11.5 Å². The molecule has 1 heterocycles. The number of nitrogens with zero attached hydrogens (tertiary/aromatic N) is 1. The van der Waals surface area contributed by atoms with Gasteiger partial charge in [-0.05, 0) is 41.7 Å². The zero-order chi connectivity index (χ0) is 16.9. The molecule has 4 heteroatoms. The Hall–Kier alpha value is -2.04. The fourth-order valence-electron chi connectivity index (χ4n) is 3.28. The third kappa shape index (κ3) is 3.71. The third-order valence-electron chi connectivity index (χ3n) is 4.70. The molecule has 1 atom stereocenters. The first-order valence-corrected chi connectivity index (χ1v) is 8.40. The molecule has 4 nitrogen and oxygen atoms in total. The summed E-state index contributed by atoms with van der Waals surface area (Å²) in [6.45, 7) is 2.77. The van der Waals surface area contributed by atoms with Crippen LogP contribution in [-0.2, 0) is 13.0 Å². The number of hydrogen-bond acceptors (Lipinski definition) is 4. The lowest BCUT2D eigenvalue weighted by Crippen LogP contribution is -2.32. The molecule has 2 aromatic carbocycles. The zero-order valence-corrected chi connectivity index (χ0v) is 14.4. The molecule has 3 rings (SSSR count). The molecule has 0 aliphatic carbocycles. The van der Waals surface area contributed by atoms with E-state index in [0.717, 1.165) is 49.5 Å². The number of fused-ring (bicyclic) bond motifs is 1. The normalized spacial score (nSPS) is 15.6. The van der Waals surface area contributed by atoms with Crippen molar-refractivity contribution in [1.29, 1.82) is 0 Å². The van der Waals surface area contributed by atoms with Crippen LogP contribution in [0, 0.1) is 0 Å². The first-order valence-electron chi connectivity index (χ1n) is 8.40. The van der Waals surface area contributed by atoms with Crippen molar-refractivity contribution in [2.75, 3.05) is 27.3 Å². The summed E-state index contributed by atoms with van der Waals surface area (Å²) in [7, 11) is 3.34. The van der Waals surface area contributed by atoms with Gasteiger partial charge in [0.25, 0.3) is 0 Å². The fraction of sp³-hybridized carbons (Fsp3) is 0.400. The smallest absolute Gasteiger partial charge is 0.161 e. The molecule has 0 amide bonds. The second-order valence-corrected chi connectivity index (χ2v) is 6.22. The molecule has 1 aliphatic heterocycles. The maximum Gasteiger partial charge on any atom is 0.161 e. The average Bonchev–Trinajstić information content (AvgIpc) is 2.65. The number of benzene rings is 2. The summed E-state index contributed by atoms with van der Waals surface area (Å²) in [6, 6.07) is 14.0. The summed E-state index contributed by atoms with van der Waals surface area (Å²) >= 11 is 0. The van der Waals surface area contributed by atoms with E-state index in [1.54, 1.807) is 14.2 Å². The highest BCUT2D eigenvalue weighted by Gasteiger charge is 2.20. The topological polar surface area (TPSA) is 41.9 Å². The van der Waals surface area contributed by atoms with Crippen LogP contribution in [0.25, 0.3) is 0 Å². The predicted molar refractivity (Wildman–Crippen MR) is 94.5 cm³/mol. The maximum atomic E-state index is 10.3. The molecule has 24 heavy (non-hydrogen) atoms. The van der Waals surface area contributed by atoms with E-state index >= 15 is 0 Å². The fourth-order valence-corrected chi connectivity index (χ4v) is 3.28. The van der Waals surface area contributed by atoms with E-state index in [9.17, 15) is 5.11 Å². The Kier molecular flexibility index (Phi) is 5.38. The molecule has 0 bridgehead atoms. The van der Waals surface area contributed by atoms with Gasteiger partial charge in [0.15, 0.2) is 11.5 Å². The molecular weight excluding hydrogens is 302 g/mol. The second kappa shape index (κ2) is 7.69. The zero-order valence-electron chi connectivity index (χ0n) is 14.4. The van der Waals surface area contributed by atoms with Crippen LogP contribution in [0.3, 0.4) is 0 Å².